The second-order valence-electron chi connectivity index (χ2n) is 10.3. The lowest BCUT2D eigenvalue weighted by Crippen LogP contribution is -2.52. The molecule has 0 saturated heterocycles. The number of rotatable bonds is 14. The molecule has 0 spiro atoms. The monoisotopic (exact) mass is 592 g/mol. The number of nitrogens with one attached hydrogen (secondary N) is 2. The van der Waals surface area contributed by atoms with E-state index in [0.29, 0.717) is 30.7 Å². The van der Waals surface area contributed by atoms with E-state index in [2.05, 4.69) is 10.6 Å². The SMILES string of the molecule is CC.COC1=CCC(C/C=C(C)/C=C\C=C\C(=O)NC(C(=O)N/C=C\CC(C/C=C(\C)Cl)OC)C(C)(C)C)OC1=O. The van der Waals surface area contributed by atoms with Crippen LogP contribution < -0.4 is 10.6 Å². The molecule has 0 bridgehead atoms. The van der Waals surface area contributed by atoms with Crippen LogP contribution >= 0.6 is 11.6 Å². The number of esters is 1. The Balaban J connectivity index is 0.00000781. The number of ether oxygens (including phenoxy) is 3. The van der Waals surface area contributed by atoms with Gasteiger partial charge in [0.25, 0.3) is 0 Å². The van der Waals surface area contributed by atoms with Crippen molar-refractivity contribution in [3.8, 4) is 0 Å². The Bertz CT molecular complexity index is 1010. The van der Waals surface area contributed by atoms with Crippen molar-refractivity contribution in [1.82, 2.24) is 10.6 Å². The number of carbonyl (C=O) groups excluding carboxylic acids is 3. The molecule has 0 aromatic heterocycles. The fraction of sp³-hybridized carbons (Fsp3) is 0.531. The molecule has 1 aliphatic rings. The van der Waals surface area contributed by atoms with E-state index in [9.17, 15) is 14.4 Å². The molecule has 0 saturated carbocycles. The van der Waals surface area contributed by atoms with Gasteiger partial charge in [0.1, 0.15) is 12.1 Å². The van der Waals surface area contributed by atoms with E-state index in [0.717, 1.165) is 5.57 Å². The number of hydrogen-bond donors (Lipinski definition) is 2. The first-order valence-electron chi connectivity index (χ1n) is 13.9. The Morgan fingerprint density at radius 2 is 1.78 bits per heavy atom. The molecule has 2 N–H and O–H groups in total. The maximum absolute atomic E-state index is 12.8. The molecule has 8 nitrogen and oxygen atoms in total. The molecule has 1 heterocycles. The third-order valence-corrected chi connectivity index (χ3v) is 5.99. The predicted octanol–water partition coefficient (Wildman–Crippen LogP) is 6.41. The van der Waals surface area contributed by atoms with Gasteiger partial charge in [-0.05, 0) is 44.4 Å². The van der Waals surface area contributed by atoms with Crippen LogP contribution in [0.2, 0.25) is 0 Å². The maximum Gasteiger partial charge on any atom is 0.373 e. The summed E-state index contributed by atoms with van der Waals surface area (Å²) in [5, 5.41) is 6.25. The van der Waals surface area contributed by atoms with Crippen LogP contribution in [0.3, 0.4) is 0 Å². The van der Waals surface area contributed by atoms with E-state index in [1.54, 1.807) is 31.5 Å². The normalized spacial score (nSPS) is 18.0. The Labute approximate surface area is 251 Å². The van der Waals surface area contributed by atoms with E-state index in [1.807, 2.05) is 72.8 Å². The molecule has 41 heavy (non-hydrogen) atoms. The van der Waals surface area contributed by atoms with Gasteiger partial charge >= 0.3 is 5.97 Å². The largest absolute Gasteiger partial charge is 0.490 e. The summed E-state index contributed by atoms with van der Waals surface area (Å²) in [5.41, 5.74) is 0.455. The predicted molar refractivity (Wildman–Crippen MR) is 166 cm³/mol. The van der Waals surface area contributed by atoms with Gasteiger partial charge in [-0.15, -0.1) is 0 Å². The van der Waals surface area contributed by atoms with Crippen LogP contribution in [0.15, 0.2) is 71.2 Å². The first-order chi connectivity index (χ1) is 19.4. The fourth-order valence-corrected chi connectivity index (χ4v) is 3.61. The van der Waals surface area contributed by atoms with Gasteiger partial charge in [-0.25, -0.2) is 4.79 Å². The quantitative estimate of drug-likeness (QED) is 0.137. The average molecular weight is 593 g/mol. The third kappa shape index (κ3) is 16.7. The second-order valence-corrected chi connectivity index (χ2v) is 10.9. The number of allylic oxidation sites excluding steroid dienone is 5. The van der Waals surface area contributed by atoms with Crippen LogP contribution in [0.1, 0.15) is 74.1 Å². The number of carbonyl (C=O) groups is 3. The minimum atomic E-state index is -0.740. The smallest absolute Gasteiger partial charge is 0.373 e. The van der Waals surface area contributed by atoms with Crippen molar-refractivity contribution >= 4 is 29.4 Å². The number of cyclic esters (lactones) is 1. The molecular weight excluding hydrogens is 544 g/mol. The Hall–Kier alpha value is -3.10. The standard InChI is InChI=1S/C30H43ClN2O6.C2H6/c1-21(14-16-24-18-19-25(38-7)29(36)39-24)11-8-9-13-26(34)33-27(30(3,4)5)28(35)32-20-10-12-23(37-6)17-15-22(2)31;1-2/h8-11,13-15,19-20,23-24,27H,12,16-18H2,1-7H3,(H,32,35)(H,33,34);1-2H3/b11-8-,13-9+,20-10-,21-14+,22-15+;. The Morgan fingerprint density at radius 3 is 2.34 bits per heavy atom. The van der Waals surface area contributed by atoms with Crippen LogP contribution in [0.4, 0.5) is 0 Å². The topological polar surface area (TPSA) is 103 Å². The molecule has 0 radical (unpaired) electrons. The molecule has 0 aromatic rings. The third-order valence-electron chi connectivity index (χ3n) is 5.83. The summed E-state index contributed by atoms with van der Waals surface area (Å²) in [6.07, 6.45) is 17.7. The van der Waals surface area contributed by atoms with Gasteiger partial charge in [-0.2, -0.15) is 0 Å². The highest BCUT2D eigenvalue weighted by atomic mass is 35.5. The molecule has 3 unspecified atom stereocenters. The second kappa shape index (κ2) is 20.7. The zero-order valence-corrected chi connectivity index (χ0v) is 26.8. The highest BCUT2D eigenvalue weighted by molar-refractivity contribution is 6.29. The molecule has 9 heteroatoms. The van der Waals surface area contributed by atoms with Gasteiger partial charge in [0, 0.05) is 31.1 Å². The summed E-state index contributed by atoms with van der Waals surface area (Å²) >= 11 is 5.87. The number of methoxy groups -OCH3 is 2. The summed E-state index contributed by atoms with van der Waals surface area (Å²) in [7, 11) is 3.07. The summed E-state index contributed by atoms with van der Waals surface area (Å²) in [5.74, 6) is -0.901. The lowest BCUT2D eigenvalue weighted by atomic mass is 9.86. The van der Waals surface area contributed by atoms with Crippen molar-refractivity contribution in [3.05, 3.63) is 71.2 Å². The van der Waals surface area contributed by atoms with Crippen molar-refractivity contribution in [1.29, 1.82) is 0 Å². The zero-order chi connectivity index (χ0) is 31.4. The number of amides is 2. The van der Waals surface area contributed by atoms with Crippen LogP contribution in [0.5, 0.6) is 0 Å². The minimum absolute atomic E-state index is 0.0484. The fourth-order valence-electron chi connectivity index (χ4n) is 3.52. The maximum atomic E-state index is 12.8. The summed E-state index contributed by atoms with van der Waals surface area (Å²) < 4.78 is 15.7. The molecule has 0 fully saturated rings. The molecule has 3 atom stereocenters. The molecular formula is C32H49ClN2O6. The van der Waals surface area contributed by atoms with Crippen LogP contribution in [0.25, 0.3) is 0 Å². The van der Waals surface area contributed by atoms with E-state index in [1.165, 1.54) is 13.2 Å². The van der Waals surface area contributed by atoms with Gasteiger partial charge < -0.3 is 24.8 Å². The first-order valence-corrected chi connectivity index (χ1v) is 14.3. The van der Waals surface area contributed by atoms with E-state index in [4.69, 9.17) is 25.8 Å². The minimum Gasteiger partial charge on any atom is -0.490 e. The number of halogens is 1. The molecule has 1 rings (SSSR count). The molecule has 230 valence electrons. The molecule has 2 amide bonds. The van der Waals surface area contributed by atoms with Gasteiger partial charge in [0.2, 0.25) is 11.8 Å². The molecule has 0 aromatic carbocycles. The number of hydrogen-bond acceptors (Lipinski definition) is 6. The summed E-state index contributed by atoms with van der Waals surface area (Å²) in [6, 6.07) is -0.740. The van der Waals surface area contributed by atoms with Gasteiger partial charge in [-0.1, -0.05) is 88.2 Å². The Morgan fingerprint density at radius 1 is 1.12 bits per heavy atom. The van der Waals surface area contributed by atoms with Crippen molar-refractivity contribution in [2.75, 3.05) is 14.2 Å². The van der Waals surface area contributed by atoms with Crippen LogP contribution in [0, 0.1) is 5.41 Å². The van der Waals surface area contributed by atoms with Gasteiger partial charge in [0.05, 0.1) is 13.2 Å². The molecule has 1 aliphatic heterocycles. The van der Waals surface area contributed by atoms with Crippen molar-refractivity contribution in [3.63, 3.8) is 0 Å². The van der Waals surface area contributed by atoms with Crippen molar-refractivity contribution in [2.24, 2.45) is 5.41 Å². The van der Waals surface area contributed by atoms with Gasteiger partial charge in [-0.3, -0.25) is 9.59 Å². The van der Waals surface area contributed by atoms with Crippen LogP contribution in [-0.4, -0.2) is 50.3 Å². The van der Waals surface area contributed by atoms with Crippen molar-refractivity contribution in [2.45, 2.75) is 92.4 Å². The first kappa shape index (κ1) is 37.9. The lowest BCUT2D eigenvalue weighted by Gasteiger charge is -2.29. The van der Waals surface area contributed by atoms with Crippen LogP contribution in [-0.2, 0) is 28.6 Å². The lowest BCUT2D eigenvalue weighted by molar-refractivity contribution is -0.149. The zero-order valence-electron chi connectivity index (χ0n) is 26.1. The Kier molecular flexibility index (Phi) is 19.2. The summed E-state index contributed by atoms with van der Waals surface area (Å²) in [4.78, 5) is 37.1. The molecule has 0 aliphatic carbocycles. The van der Waals surface area contributed by atoms with Crippen molar-refractivity contribution < 1.29 is 28.6 Å². The highest BCUT2D eigenvalue weighted by Gasteiger charge is 2.31. The van der Waals surface area contributed by atoms with Gasteiger partial charge in [0.15, 0.2) is 5.76 Å². The van der Waals surface area contributed by atoms with E-state index < -0.39 is 17.4 Å². The average Bonchev–Trinajstić information content (AvgIpc) is 2.92. The highest BCUT2D eigenvalue weighted by Crippen LogP contribution is 2.20. The van der Waals surface area contributed by atoms with E-state index >= 15 is 0 Å². The summed E-state index contributed by atoms with van der Waals surface area (Å²) in [6.45, 7) is 13.4. The van der Waals surface area contributed by atoms with E-state index in [-0.39, 0.29) is 29.8 Å².